The van der Waals surface area contributed by atoms with Crippen LogP contribution in [-0.2, 0) is 11.2 Å². The number of phenolic OH excluding ortho intramolecular Hbond substituents is 2. The Bertz CT molecular complexity index is 696. The molecule has 1 aromatic carbocycles. The molecule has 8 heteroatoms. The molecular formula is C17H24N4O4. The van der Waals surface area contributed by atoms with Crippen LogP contribution in [0.15, 0.2) is 30.7 Å². The van der Waals surface area contributed by atoms with Gasteiger partial charge in [-0.2, -0.15) is 0 Å². The molecule has 8 nitrogen and oxygen atoms in total. The fourth-order valence-electron chi connectivity index (χ4n) is 2.66. The fraction of sp³-hybridized carbons (Fsp3) is 0.412. The molecule has 0 bridgehead atoms. The molecule has 1 aromatic heterocycles. The summed E-state index contributed by atoms with van der Waals surface area (Å²) in [5, 5.41) is 32.1. The first-order chi connectivity index (χ1) is 12.0. The number of rotatable bonds is 8. The van der Waals surface area contributed by atoms with Crippen LogP contribution in [0.1, 0.15) is 30.6 Å². The second-order valence-electron chi connectivity index (χ2n) is 5.89. The highest BCUT2D eigenvalue weighted by molar-refractivity contribution is 5.76. The van der Waals surface area contributed by atoms with Gasteiger partial charge in [-0.15, -0.1) is 0 Å². The van der Waals surface area contributed by atoms with Crippen molar-refractivity contribution >= 4 is 5.91 Å². The third kappa shape index (κ3) is 4.71. The Morgan fingerprint density at radius 1 is 1.36 bits per heavy atom. The van der Waals surface area contributed by atoms with Crippen molar-refractivity contribution in [3.8, 4) is 11.5 Å². The number of aliphatic hydroxyl groups is 1. The lowest BCUT2D eigenvalue weighted by molar-refractivity contribution is -0.121. The number of aromatic hydroxyl groups is 2. The number of amides is 1. The van der Waals surface area contributed by atoms with Crippen LogP contribution in [0.5, 0.6) is 11.5 Å². The minimum absolute atomic E-state index is 0.00466. The van der Waals surface area contributed by atoms with Crippen LogP contribution in [0.3, 0.4) is 0 Å². The maximum Gasteiger partial charge on any atom is 0.221 e. The van der Waals surface area contributed by atoms with E-state index < -0.39 is 6.04 Å². The van der Waals surface area contributed by atoms with Crippen LogP contribution in [0.25, 0.3) is 0 Å². The van der Waals surface area contributed by atoms with Crippen LogP contribution in [0, 0.1) is 0 Å². The minimum atomic E-state index is -0.448. The molecule has 2 aromatic rings. The van der Waals surface area contributed by atoms with Crippen molar-refractivity contribution in [2.24, 2.45) is 5.73 Å². The second-order valence-corrected chi connectivity index (χ2v) is 5.89. The summed E-state index contributed by atoms with van der Waals surface area (Å²) in [7, 11) is 0. The lowest BCUT2D eigenvalue weighted by atomic mass is 10.1. The number of aliphatic hydroxyl groups excluding tert-OH is 1. The number of nitrogens with one attached hydrogen (secondary N) is 1. The highest BCUT2D eigenvalue weighted by Gasteiger charge is 2.18. The van der Waals surface area contributed by atoms with Gasteiger partial charge < -0.3 is 30.9 Å². The largest absolute Gasteiger partial charge is 0.507 e. The number of phenols is 2. The summed E-state index contributed by atoms with van der Waals surface area (Å²) < 4.78 is 1.75. The fourth-order valence-corrected chi connectivity index (χ4v) is 2.66. The lowest BCUT2D eigenvalue weighted by Crippen LogP contribution is -2.39. The van der Waals surface area contributed by atoms with Crippen LogP contribution in [0.4, 0.5) is 0 Å². The molecule has 6 N–H and O–H groups in total. The smallest absolute Gasteiger partial charge is 0.221 e. The average Bonchev–Trinajstić information content (AvgIpc) is 3.02. The van der Waals surface area contributed by atoms with Gasteiger partial charge in [0.1, 0.15) is 11.5 Å². The average molecular weight is 348 g/mol. The van der Waals surface area contributed by atoms with E-state index in [0.29, 0.717) is 17.7 Å². The highest BCUT2D eigenvalue weighted by Crippen LogP contribution is 2.34. The van der Waals surface area contributed by atoms with Crippen molar-refractivity contribution in [3.63, 3.8) is 0 Å². The zero-order valence-electron chi connectivity index (χ0n) is 14.1. The quantitative estimate of drug-likeness (QED) is 0.465. The molecule has 0 saturated heterocycles. The van der Waals surface area contributed by atoms with E-state index in [2.05, 4.69) is 10.3 Å². The molecule has 0 spiro atoms. The molecule has 0 aliphatic heterocycles. The van der Waals surface area contributed by atoms with Crippen molar-refractivity contribution in [1.82, 2.24) is 14.9 Å². The first-order valence-electron chi connectivity index (χ1n) is 8.09. The van der Waals surface area contributed by atoms with Gasteiger partial charge in [-0.3, -0.25) is 4.79 Å². The summed E-state index contributed by atoms with van der Waals surface area (Å²) in [6.07, 6.45) is 3.91. The maximum absolute atomic E-state index is 11.6. The first-order valence-corrected chi connectivity index (χ1v) is 8.09. The van der Waals surface area contributed by atoms with Gasteiger partial charge in [-0.25, -0.2) is 4.98 Å². The number of aromatic nitrogens is 2. The van der Waals surface area contributed by atoms with Crippen LogP contribution < -0.4 is 11.1 Å². The predicted octanol–water partition coefficient (Wildman–Crippen LogP) is 0.272. The molecule has 2 rings (SSSR count). The molecular weight excluding hydrogens is 324 g/mol. The monoisotopic (exact) mass is 348 g/mol. The first kappa shape index (κ1) is 18.8. The summed E-state index contributed by atoms with van der Waals surface area (Å²) in [4.78, 5) is 15.9. The molecule has 0 aliphatic rings. The molecule has 25 heavy (non-hydrogen) atoms. The Labute approximate surface area is 145 Å². The molecule has 1 amide bonds. The van der Waals surface area contributed by atoms with Gasteiger partial charge in [0.2, 0.25) is 5.91 Å². The summed E-state index contributed by atoms with van der Waals surface area (Å²) in [6.45, 7) is 1.87. The SMILES string of the molecule is CC(c1c(O)cccc1O)n1cnc(CC(CO)NC(=O)CCN)c1. The van der Waals surface area contributed by atoms with E-state index in [0.717, 1.165) is 0 Å². The maximum atomic E-state index is 11.6. The number of carbonyl (C=O) groups is 1. The van der Waals surface area contributed by atoms with E-state index in [1.54, 1.807) is 23.2 Å². The Balaban J connectivity index is 2.09. The number of hydrogen-bond acceptors (Lipinski definition) is 6. The summed E-state index contributed by atoms with van der Waals surface area (Å²) in [5.74, 6) is -0.205. The lowest BCUT2D eigenvalue weighted by Gasteiger charge is -2.17. The normalized spacial score (nSPS) is 13.4. The molecule has 2 unspecified atom stereocenters. The van der Waals surface area contributed by atoms with Crippen LogP contribution in [0.2, 0.25) is 0 Å². The zero-order valence-corrected chi connectivity index (χ0v) is 14.1. The molecule has 0 aliphatic carbocycles. The molecule has 0 radical (unpaired) electrons. The van der Waals surface area contributed by atoms with E-state index in [4.69, 9.17) is 5.73 Å². The van der Waals surface area contributed by atoms with Gasteiger partial charge in [-0.1, -0.05) is 6.07 Å². The van der Waals surface area contributed by atoms with Gasteiger partial charge in [0.15, 0.2) is 0 Å². The Morgan fingerprint density at radius 2 is 2.04 bits per heavy atom. The Morgan fingerprint density at radius 3 is 2.64 bits per heavy atom. The highest BCUT2D eigenvalue weighted by atomic mass is 16.3. The number of carbonyl (C=O) groups excluding carboxylic acids is 1. The van der Waals surface area contributed by atoms with Gasteiger partial charge >= 0.3 is 0 Å². The second kappa shape index (κ2) is 8.50. The Hall–Kier alpha value is -2.58. The van der Waals surface area contributed by atoms with E-state index >= 15 is 0 Å². The molecule has 1 heterocycles. The van der Waals surface area contributed by atoms with Gasteiger partial charge in [0, 0.05) is 25.6 Å². The minimum Gasteiger partial charge on any atom is -0.507 e. The van der Waals surface area contributed by atoms with E-state index in [1.165, 1.54) is 12.1 Å². The predicted molar refractivity (Wildman–Crippen MR) is 92.2 cm³/mol. The summed E-state index contributed by atoms with van der Waals surface area (Å²) in [6, 6.07) is 3.81. The van der Waals surface area contributed by atoms with Crippen molar-refractivity contribution < 1.29 is 20.1 Å². The Kier molecular flexibility index (Phi) is 6.37. The zero-order chi connectivity index (χ0) is 18.4. The number of hydrogen-bond donors (Lipinski definition) is 5. The van der Waals surface area contributed by atoms with E-state index in [-0.39, 0.29) is 43.0 Å². The number of benzene rings is 1. The number of imidazole rings is 1. The van der Waals surface area contributed by atoms with Crippen molar-refractivity contribution in [1.29, 1.82) is 0 Å². The van der Waals surface area contributed by atoms with Gasteiger partial charge in [0.05, 0.1) is 36.3 Å². The number of nitrogens with zero attached hydrogens (tertiary/aromatic N) is 2. The van der Waals surface area contributed by atoms with Crippen LogP contribution in [-0.4, -0.2) is 50.0 Å². The molecule has 0 saturated carbocycles. The van der Waals surface area contributed by atoms with Crippen LogP contribution >= 0.6 is 0 Å². The summed E-state index contributed by atoms with van der Waals surface area (Å²) in [5.41, 5.74) is 6.41. The molecule has 136 valence electrons. The van der Waals surface area contributed by atoms with Gasteiger partial charge in [0.25, 0.3) is 0 Å². The number of nitrogens with two attached hydrogens (primary N) is 1. The van der Waals surface area contributed by atoms with Crippen molar-refractivity contribution in [2.45, 2.75) is 31.8 Å². The van der Waals surface area contributed by atoms with E-state index in [1.807, 2.05) is 6.92 Å². The van der Waals surface area contributed by atoms with Gasteiger partial charge in [-0.05, 0) is 19.1 Å². The molecule has 0 fully saturated rings. The standard InChI is InChI=1S/C17H24N4O4/c1-11(17-14(23)3-2-4-15(17)24)21-8-12(19-10-21)7-13(9-22)20-16(25)5-6-18/h2-4,8,10-11,13,22-24H,5-7,9,18H2,1H3,(H,20,25). The topological polar surface area (TPSA) is 134 Å². The van der Waals surface area contributed by atoms with Crippen molar-refractivity contribution in [3.05, 3.63) is 42.0 Å². The third-order valence-corrected chi connectivity index (χ3v) is 3.99. The summed E-state index contributed by atoms with van der Waals surface area (Å²) >= 11 is 0. The van der Waals surface area contributed by atoms with E-state index in [9.17, 15) is 20.1 Å². The third-order valence-electron chi connectivity index (χ3n) is 3.99. The van der Waals surface area contributed by atoms with Crippen molar-refractivity contribution in [2.75, 3.05) is 13.2 Å². The molecule has 2 atom stereocenters.